The van der Waals surface area contributed by atoms with E-state index in [1.165, 1.54) is 0 Å². The van der Waals surface area contributed by atoms with Gasteiger partial charge in [0.05, 0.1) is 47.6 Å². The number of hydrogen-bond acceptors (Lipinski definition) is 8. The van der Waals surface area contributed by atoms with Crippen LogP contribution in [0.2, 0.25) is 0 Å². The van der Waals surface area contributed by atoms with E-state index in [-0.39, 0.29) is 30.1 Å². The average molecular weight is 479 g/mol. The van der Waals surface area contributed by atoms with Crippen molar-refractivity contribution >= 4 is 23.7 Å². The van der Waals surface area contributed by atoms with Gasteiger partial charge in [-0.05, 0) is 37.6 Å². The Labute approximate surface area is 203 Å². The monoisotopic (exact) mass is 478 g/mol. The second kappa shape index (κ2) is 12.1. The molecule has 0 aliphatic carbocycles. The number of dihydropyridines is 1. The number of ether oxygens (including phenoxy) is 2. The van der Waals surface area contributed by atoms with Crippen molar-refractivity contribution in [2.24, 2.45) is 0 Å². The zero-order chi connectivity index (χ0) is 24.5. The maximum absolute atomic E-state index is 13.3. The molecular weight excluding hydrogens is 452 g/mol. The van der Waals surface area contributed by atoms with Gasteiger partial charge in [0.1, 0.15) is 6.61 Å². The maximum atomic E-state index is 13.3. The lowest BCUT2D eigenvalue weighted by Crippen LogP contribution is -2.35. The normalized spacial score (nSPS) is 15.4. The molecule has 0 bridgehead atoms. The number of aliphatic hydroxyl groups excluding tert-OH is 1. The summed E-state index contributed by atoms with van der Waals surface area (Å²) in [5, 5.41) is 22.6. The maximum Gasteiger partial charge on any atom is 0.336 e. The van der Waals surface area contributed by atoms with Gasteiger partial charge in [-0.2, -0.15) is 5.26 Å². The van der Waals surface area contributed by atoms with Crippen LogP contribution >= 0.6 is 11.8 Å². The Bertz CT molecular complexity index is 1150. The van der Waals surface area contributed by atoms with Gasteiger partial charge >= 0.3 is 11.9 Å². The highest BCUT2D eigenvalue weighted by molar-refractivity contribution is 7.99. The molecule has 0 radical (unpaired) electrons. The van der Waals surface area contributed by atoms with Crippen molar-refractivity contribution in [3.8, 4) is 6.07 Å². The van der Waals surface area contributed by atoms with E-state index in [0.717, 1.165) is 4.90 Å². The Morgan fingerprint density at radius 3 is 2.41 bits per heavy atom. The number of carbonyl (C=O) groups excluding carboxylic acids is 2. The minimum Gasteiger partial charge on any atom is -0.463 e. The molecule has 0 saturated heterocycles. The molecule has 0 saturated carbocycles. The highest BCUT2D eigenvalue weighted by atomic mass is 32.2. The average Bonchev–Trinajstić information content (AvgIpc) is 2.86. The predicted molar refractivity (Wildman–Crippen MR) is 129 cm³/mol. The highest BCUT2D eigenvalue weighted by Gasteiger charge is 2.39. The van der Waals surface area contributed by atoms with Crippen LogP contribution in [0.4, 0.5) is 0 Å². The van der Waals surface area contributed by atoms with E-state index in [4.69, 9.17) is 9.47 Å². The Hall–Kier alpha value is -3.54. The molecule has 2 N–H and O–H groups in total. The number of esters is 2. The van der Waals surface area contributed by atoms with Crippen LogP contribution in [0.3, 0.4) is 0 Å². The molecule has 1 atom stereocenters. The van der Waals surface area contributed by atoms with Crippen molar-refractivity contribution < 1.29 is 24.2 Å². The number of nitrogens with zero attached hydrogens (tertiary/aromatic N) is 1. The molecule has 34 heavy (non-hydrogen) atoms. The molecular formula is C26H26N2O5S. The first-order valence-corrected chi connectivity index (χ1v) is 11.8. The summed E-state index contributed by atoms with van der Waals surface area (Å²) in [5.41, 5.74) is 1.73. The number of nitrogens with one attached hydrogen (secondary N) is 1. The summed E-state index contributed by atoms with van der Waals surface area (Å²) in [7, 11) is 0. The van der Waals surface area contributed by atoms with E-state index in [1.807, 2.05) is 30.3 Å². The van der Waals surface area contributed by atoms with Crippen LogP contribution in [0.5, 0.6) is 0 Å². The predicted octanol–water partition coefficient (Wildman–Crippen LogP) is 3.66. The first-order chi connectivity index (χ1) is 16.5. The molecule has 0 aromatic heterocycles. The SMILES string of the molecule is CCOC(=O)C1=C(CO)NC(C)=C(C(=O)OCCSc2ccccc2)C1c1ccccc1C#N. The summed E-state index contributed by atoms with van der Waals surface area (Å²) < 4.78 is 10.8. The van der Waals surface area contributed by atoms with Gasteiger partial charge in [0.25, 0.3) is 0 Å². The summed E-state index contributed by atoms with van der Waals surface area (Å²) in [4.78, 5) is 27.3. The molecule has 1 aliphatic rings. The second-order valence-corrected chi connectivity index (χ2v) is 8.53. The Kier molecular flexibility index (Phi) is 8.91. The topological polar surface area (TPSA) is 109 Å². The summed E-state index contributed by atoms with van der Waals surface area (Å²) >= 11 is 1.56. The molecule has 2 aromatic carbocycles. The van der Waals surface area contributed by atoms with Crippen molar-refractivity contribution in [1.82, 2.24) is 5.32 Å². The molecule has 8 heteroatoms. The van der Waals surface area contributed by atoms with Crippen molar-refractivity contribution in [1.29, 1.82) is 5.26 Å². The quantitative estimate of drug-likeness (QED) is 0.319. The zero-order valence-corrected chi connectivity index (χ0v) is 19.9. The van der Waals surface area contributed by atoms with Gasteiger partial charge < -0.3 is 19.9 Å². The lowest BCUT2D eigenvalue weighted by Gasteiger charge is -2.31. The van der Waals surface area contributed by atoms with Crippen LogP contribution in [-0.2, 0) is 19.1 Å². The molecule has 2 aromatic rings. The van der Waals surface area contributed by atoms with Gasteiger partial charge in [0.2, 0.25) is 0 Å². The van der Waals surface area contributed by atoms with Crippen molar-refractivity contribution in [2.75, 3.05) is 25.6 Å². The Morgan fingerprint density at radius 2 is 1.74 bits per heavy atom. The summed E-state index contributed by atoms with van der Waals surface area (Å²) in [6.45, 7) is 3.16. The number of allylic oxidation sites excluding steroid dienone is 1. The number of nitriles is 1. The van der Waals surface area contributed by atoms with E-state index >= 15 is 0 Å². The number of aliphatic hydroxyl groups is 1. The molecule has 0 spiro atoms. The molecule has 0 amide bonds. The summed E-state index contributed by atoms with van der Waals surface area (Å²) in [6.07, 6.45) is 0. The first-order valence-electron chi connectivity index (χ1n) is 10.8. The van der Waals surface area contributed by atoms with Gasteiger partial charge in [-0.15, -0.1) is 11.8 Å². The van der Waals surface area contributed by atoms with Crippen LogP contribution in [0.1, 0.15) is 30.9 Å². The van der Waals surface area contributed by atoms with Crippen LogP contribution in [0, 0.1) is 11.3 Å². The molecule has 1 unspecified atom stereocenters. The third kappa shape index (κ3) is 5.68. The van der Waals surface area contributed by atoms with E-state index in [2.05, 4.69) is 11.4 Å². The van der Waals surface area contributed by atoms with Gasteiger partial charge in [-0.25, -0.2) is 9.59 Å². The van der Waals surface area contributed by atoms with E-state index < -0.39 is 24.5 Å². The van der Waals surface area contributed by atoms with E-state index in [1.54, 1.807) is 49.9 Å². The molecule has 1 heterocycles. The van der Waals surface area contributed by atoms with E-state index in [9.17, 15) is 20.0 Å². The Morgan fingerprint density at radius 1 is 1.06 bits per heavy atom. The van der Waals surface area contributed by atoms with Crippen molar-refractivity contribution in [3.05, 3.63) is 88.3 Å². The smallest absolute Gasteiger partial charge is 0.336 e. The molecule has 7 nitrogen and oxygen atoms in total. The van der Waals surface area contributed by atoms with Gasteiger partial charge in [0.15, 0.2) is 0 Å². The molecule has 3 rings (SSSR count). The molecule has 176 valence electrons. The minimum atomic E-state index is -0.924. The van der Waals surface area contributed by atoms with Gasteiger partial charge in [-0.3, -0.25) is 0 Å². The molecule has 1 aliphatic heterocycles. The number of benzene rings is 2. The summed E-state index contributed by atoms with van der Waals surface area (Å²) in [6, 6.07) is 18.6. The van der Waals surface area contributed by atoms with Gasteiger partial charge in [-0.1, -0.05) is 36.4 Å². The summed E-state index contributed by atoms with van der Waals surface area (Å²) in [5.74, 6) is -1.64. The Balaban J connectivity index is 1.94. The minimum absolute atomic E-state index is 0.0864. The van der Waals surface area contributed by atoms with E-state index in [0.29, 0.717) is 22.6 Å². The third-order valence-corrected chi connectivity index (χ3v) is 6.22. The first kappa shape index (κ1) is 25.1. The molecule has 0 fully saturated rings. The number of hydrogen-bond donors (Lipinski definition) is 2. The fourth-order valence-electron chi connectivity index (χ4n) is 3.79. The van der Waals surface area contributed by atoms with Crippen LogP contribution in [0.25, 0.3) is 0 Å². The van der Waals surface area contributed by atoms with Crippen LogP contribution < -0.4 is 5.32 Å². The lowest BCUT2D eigenvalue weighted by atomic mass is 9.78. The fraction of sp³-hybridized carbons (Fsp3) is 0.269. The van der Waals surface area contributed by atoms with Crippen molar-refractivity contribution in [2.45, 2.75) is 24.7 Å². The number of thioether (sulfide) groups is 1. The van der Waals surface area contributed by atoms with Crippen LogP contribution in [0.15, 0.2) is 82.0 Å². The second-order valence-electron chi connectivity index (χ2n) is 7.36. The largest absolute Gasteiger partial charge is 0.463 e. The van der Waals surface area contributed by atoms with Crippen LogP contribution in [-0.4, -0.2) is 42.6 Å². The fourth-order valence-corrected chi connectivity index (χ4v) is 4.54. The standard InChI is InChI=1S/C26H26N2O5S/c1-3-32-26(31)24-21(16-29)28-17(2)22(23(24)20-12-8-7-9-18(20)15-27)25(30)33-13-14-34-19-10-5-4-6-11-19/h4-12,23,28-29H,3,13-14,16H2,1-2H3. The third-order valence-electron chi connectivity index (χ3n) is 5.24. The lowest BCUT2D eigenvalue weighted by molar-refractivity contribution is -0.139. The zero-order valence-electron chi connectivity index (χ0n) is 19.0. The van der Waals surface area contributed by atoms with Gasteiger partial charge in [0, 0.05) is 16.3 Å². The highest BCUT2D eigenvalue weighted by Crippen LogP contribution is 2.40. The number of rotatable bonds is 9. The van der Waals surface area contributed by atoms with Crippen molar-refractivity contribution in [3.63, 3.8) is 0 Å². The number of carbonyl (C=O) groups is 2.